The van der Waals surface area contributed by atoms with Crippen molar-refractivity contribution in [2.45, 2.75) is 6.42 Å². The number of rotatable bonds is 5. The van der Waals surface area contributed by atoms with Crippen LogP contribution in [0.15, 0.2) is 48.5 Å². The Morgan fingerprint density at radius 1 is 0.739 bits per heavy atom. The zero-order valence-corrected chi connectivity index (χ0v) is 12.9. The van der Waals surface area contributed by atoms with E-state index in [4.69, 9.17) is 0 Å². The molecule has 118 valence electrons. The number of hydrogen-bond donors (Lipinski definition) is 0. The molecule has 0 aliphatic carbocycles. The maximum atomic E-state index is 12.4. The molecule has 0 radical (unpaired) electrons. The summed E-state index contributed by atoms with van der Waals surface area (Å²) in [6.45, 7) is 0. The molecule has 0 atom stereocenters. The van der Waals surface area contributed by atoms with Gasteiger partial charge in [0.1, 0.15) is 0 Å². The Labute approximate surface area is 133 Å². The molecule has 2 rings (SSSR count). The number of ether oxygens (including phenoxy) is 2. The van der Waals surface area contributed by atoms with Crippen molar-refractivity contribution in [1.29, 1.82) is 0 Å². The fourth-order valence-corrected chi connectivity index (χ4v) is 2.06. The van der Waals surface area contributed by atoms with Crippen LogP contribution in [0.3, 0.4) is 0 Å². The monoisotopic (exact) mass is 312 g/mol. The lowest BCUT2D eigenvalue weighted by molar-refractivity contribution is -0.139. The Hall–Kier alpha value is -2.95. The van der Waals surface area contributed by atoms with Crippen LogP contribution in [0.2, 0.25) is 0 Å². The molecule has 0 amide bonds. The van der Waals surface area contributed by atoms with E-state index in [2.05, 4.69) is 9.47 Å². The van der Waals surface area contributed by atoms with Gasteiger partial charge >= 0.3 is 11.9 Å². The van der Waals surface area contributed by atoms with E-state index in [0.717, 1.165) is 5.56 Å². The van der Waals surface area contributed by atoms with Crippen molar-refractivity contribution in [2.24, 2.45) is 0 Å². The molecule has 2 aromatic rings. The average Bonchev–Trinajstić information content (AvgIpc) is 2.61. The lowest BCUT2D eigenvalue weighted by Gasteiger charge is -2.05. The van der Waals surface area contributed by atoms with E-state index in [1.54, 1.807) is 48.5 Å². The van der Waals surface area contributed by atoms with Crippen LogP contribution in [-0.2, 0) is 20.7 Å². The Balaban J connectivity index is 2.13. The summed E-state index contributed by atoms with van der Waals surface area (Å²) in [6.07, 6.45) is 0.165. The zero-order valence-electron chi connectivity index (χ0n) is 12.9. The third-order valence-corrected chi connectivity index (χ3v) is 3.36. The van der Waals surface area contributed by atoms with Gasteiger partial charge in [0.25, 0.3) is 0 Å². The first-order valence-electron chi connectivity index (χ1n) is 6.94. The number of esters is 2. The van der Waals surface area contributed by atoms with Crippen LogP contribution in [0.25, 0.3) is 0 Å². The summed E-state index contributed by atoms with van der Waals surface area (Å²) in [6, 6.07) is 13.0. The molecule has 0 bridgehead atoms. The highest BCUT2D eigenvalue weighted by Crippen LogP contribution is 2.13. The van der Waals surface area contributed by atoms with Gasteiger partial charge in [0.15, 0.2) is 5.78 Å². The fraction of sp³-hybridized carbons (Fsp3) is 0.167. The molecule has 5 nitrogen and oxygen atoms in total. The average molecular weight is 312 g/mol. The van der Waals surface area contributed by atoms with E-state index < -0.39 is 5.97 Å². The van der Waals surface area contributed by atoms with E-state index in [0.29, 0.717) is 16.7 Å². The van der Waals surface area contributed by atoms with Gasteiger partial charge in [0.05, 0.1) is 26.2 Å². The summed E-state index contributed by atoms with van der Waals surface area (Å²) in [5, 5.41) is 0. The summed E-state index contributed by atoms with van der Waals surface area (Å²) in [5.41, 5.74) is 2.13. The third-order valence-electron chi connectivity index (χ3n) is 3.36. The van der Waals surface area contributed by atoms with Gasteiger partial charge in [-0.2, -0.15) is 0 Å². The molecular formula is C18H16O5. The summed E-state index contributed by atoms with van der Waals surface area (Å²) in [5.74, 6) is -0.940. The Bertz CT molecular complexity index is 714. The maximum Gasteiger partial charge on any atom is 0.337 e. The molecule has 0 saturated carbocycles. The van der Waals surface area contributed by atoms with Crippen molar-refractivity contribution in [3.63, 3.8) is 0 Å². The van der Waals surface area contributed by atoms with Crippen LogP contribution >= 0.6 is 0 Å². The quantitative estimate of drug-likeness (QED) is 0.626. The molecule has 0 saturated heterocycles. The number of ketones is 1. The predicted molar refractivity (Wildman–Crippen MR) is 83.4 cm³/mol. The summed E-state index contributed by atoms with van der Waals surface area (Å²) < 4.78 is 9.21. The van der Waals surface area contributed by atoms with E-state index in [1.807, 2.05) is 0 Å². The second-order valence-corrected chi connectivity index (χ2v) is 4.85. The highest BCUT2D eigenvalue weighted by Gasteiger charge is 2.11. The molecule has 0 heterocycles. The minimum absolute atomic E-state index is 0.161. The van der Waals surface area contributed by atoms with Crippen LogP contribution < -0.4 is 0 Å². The highest BCUT2D eigenvalue weighted by molar-refractivity contribution is 6.09. The molecule has 23 heavy (non-hydrogen) atoms. The lowest BCUT2D eigenvalue weighted by Crippen LogP contribution is -2.06. The Kier molecular flexibility index (Phi) is 5.25. The zero-order chi connectivity index (χ0) is 16.8. The van der Waals surface area contributed by atoms with Gasteiger partial charge in [-0.05, 0) is 17.7 Å². The van der Waals surface area contributed by atoms with Crippen LogP contribution in [0.1, 0.15) is 31.8 Å². The van der Waals surface area contributed by atoms with Crippen molar-refractivity contribution >= 4 is 17.7 Å². The SMILES string of the molecule is COC(=O)Cc1ccc(C(=O)c2ccc(C(=O)OC)cc2)cc1. The van der Waals surface area contributed by atoms with Gasteiger partial charge in [-0.1, -0.05) is 36.4 Å². The van der Waals surface area contributed by atoms with Gasteiger partial charge in [0.2, 0.25) is 0 Å². The number of benzene rings is 2. The fourth-order valence-electron chi connectivity index (χ4n) is 2.06. The third kappa shape index (κ3) is 4.03. The minimum Gasteiger partial charge on any atom is -0.469 e. The summed E-state index contributed by atoms with van der Waals surface area (Å²) in [7, 11) is 2.63. The predicted octanol–water partition coefficient (Wildman–Crippen LogP) is 2.42. The molecule has 0 fully saturated rings. The van der Waals surface area contributed by atoms with Gasteiger partial charge in [-0.25, -0.2) is 4.79 Å². The van der Waals surface area contributed by atoms with E-state index >= 15 is 0 Å². The molecule has 0 aliphatic heterocycles. The Morgan fingerprint density at radius 3 is 1.70 bits per heavy atom. The van der Waals surface area contributed by atoms with Gasteiger partial charge in [-0.15, -0.1) is 0 Å². The molecule has 0 N–H and O–H groups in total. The smallest absolute Gasteiger partial charge is 0.337 e. The van der Waals surface area contributed by atoms with Crippen LogP contribution in [-0.4, -0.2) is 31.9 Å². The molecule has 0 aromatic heterocycles. The number of methoxy groups -OCH3 is 2. The Morgan fingerprint density at radius 2 is 1.22 bits per heavy atom. The van der Waals surface area contributed by atoms with Gasteiger partial charge < -0.3 is 9.47 Å². The van der Waals surface area contributed by atoms with Gasteiger partial charge in [-0.3, -0.25) is 9.59 Å². The topological polar surface area (TPSA) is 69.7 Å². The highest BCUT2D eigenvalue weighted by atomic mass is 16.5. The largest absolute Gasteiger partial charge is 0.469 e. The molecule has 0 unspecified atom stereocenters. The molecule has 2 aromatic carbocycles. The van der Waals surface area contributed by atoms with Crippen molar-refractivity contribution in [2.75, 3.05) is 14.2 Å². The van der Waals surface area contributed by atoms with Crippen LogP contribution in [0.5, 0.6) is 0 Å². The van der Waals surface area contributed by atoms with Gasteiger partial charge in [0, 0.05) is 11.1 Å². The van der Waals surface area contributed by atoms with Crippen LogP contribution in [0, 0.1) is 0 Å². The lowest BCUT2D eigenvalue weighted by atomic mass is 10.0. The van der Waals surface area contributed by atoms with E-state index in [1.165, 1.54) is 14.2 Å². The summed E-state index contributed by atoms with van der Waals surface area (Å²) >= 11 is 0. The molecule has 0 spiro atoms. The molecule has 5 heteroatoms. The van der Waals surface area contributed by atoms with Crippen molar-refractivity contribution in [3.05, 3.63) is 70.8 Å². The normalized spacial score (nSPS) is 10.0. The van der Waals surface area contributed by atoms with E-state index in [9.17, 15) is 14.4 Å². The summed E-state index contributed by atoms with van der Waals surface area (Å²) in [4.78, 5) is 35.0. The second kappa shape index (κ2) is 7.35. The van der Waals surface area contributed by atoms with Crippen molar-refractivity contribution in [1.82, 2.24) is 0 Å². The first-order chi connectivity index (χ1) is 11.0. The number of carbonyl (C=O) groups excluding carboxylic acids is 3. The van der Waals surface area contributed by atoms with Crippen molar-refractivity contribution in [3.8, 4) is 0 Å². The second-order valence-electron chi connectivity index (χ2n) is 4.85. The first kappa shape index (κ1) is 16.4. The van der Waals surface area contributed by atoms with Crippen LogP contribution in [0.4, 0.5) is 0 Å². The van der Waals surface area contributed by atoms with E-state index in [-0.39, 0.29) is 18.2 Å². The first-order valence-corrected chi connectivity index (χ1v) is 6.94. The van der Waals surface area contributed by atoms with Crippen molar-refractivity contribution < 1.29 is 23.9 Å². The molecular weight excluding hydrogens is 296 g/mol. The minimum atomic E-state index is -0.448. The number of hydrogen-bond acceptors (Lipinski definition) is 5. The maximum absolute atomic E-state index is 12.4. The standard InChI is InChI=1S/C18H16O5/c1-22-16(19)11-12-3-5-13(6-4-12)17(20)14-7-9-15(10-8-14)18(21)23-2/h3-10H,11H2,1-2H3. The molecule has 0 aliphatic rings. The number of carbonyl (C=O) groups is 3.